The van der Waals surface area contributed by atoms with E-state index in [2.05, 4.69) is 199 Å². The minimum Gasteiger partial charge on any atom is -0.356 e. The maximum absolute atomic E-state index is 5.55. The molecule has 7 aromatic rings. The van der Waals surface area contributed by atoms with Crippen molar-refractivity contribution in [3.63, 3.8) is 0 Å². The molecule has 0 amide bonds. The lowest BCUT2D eigenvalue weighted by Gasteiger charge is -2.34. The number of benzene rings is 5. The van der Waals surface area contributed by atoms with Gasteiger partial charge in [-0.25, -0.2) is 9.97 Å². The zero-order valence-electron chi connectivity index (χ0n) is 37.9. The van der Waals surface area contributed by atoms with Crippen LogP contribution in [0, 0.1) is 18.8 Å². The summed E-state index contributed by atoms with van der Waals surface area (Å²) in [5, 5.41) is 6.68. The number of anilines is 1. The van der Waals surface area contributed by atoms with Crippen LogP contribution >= 0.6 is 0 Å². The molecule has 5 aromatic carbocycles. The van der Waals surface area contributed by atoms with Crippen molar-refractivity contribution in [3.8, 4) is 16.9 Å². The van der Waals surface area contributed by atoms with Crippen molar-refractivity contribution in [3.05, 3.63) is 213 Å². The molecule has 4 heteroatoms. The summed E-state index contributed by atoms with van der Waals surface area (Å²) in [7, 11) is 0. The standard InChI is InChI=1S/C63H52N4/c1-39-60(50-31-17-24-40-18-7-9-25-45(40)50)64-63(41-19-3-2-4-20-41)65-61(39)51-34-35-56(48-28-12-11-27-47(48)51)66-55-33-16-14-30-52(55)59-58(66)38-44-23-8-10-26-46(44)62(59)67-54-32-15-13-29-49(54)53-36-42-21-5-6-22-43(42)37-57(53)67/h3,5-11,13-15,17-27,29-30,32,34-38,49-50,53-54,57H,2,4,12,16,28,31,33H2,1H3. The summed E-state index contributed by atoms with van der Waals surface area (Å²) in [4.78, 5) is 13.8. The lowest BCUT2D eigenvalue weighted by Crippen LogP contribution is -2.41. The van der Waals surface area contributed by atoms with Crippen LogP contribution in [0.25, 0.3) is 74.6 Å². The molecule has 0 spiro atoms. The molecule has 1 aliphatic heterocycles. The zero-order valence-corrected chi connectivity index (χ0v) is 37.9. The highest BCUT2D eigenvalue weighted by atomic mass is 15.2. The minimum atomic E-state index is 0.162. The molecule has 0 bridgehead atoms. The van der Waals surface area contributed by atoms with Crippen LogP contribution in [0.15, 0.2) is 152 Å². The largest absolute Gasteiger partial charge is 0.356 e. The number of nitrogens with zero attached hydrogens (tertiary/aromatic N) is 4. The molecule has 0 saturated carbocycles. The Bertz CT molecular complexity index is 3620. The van der Waals surface area contributed by atoms with E-state index in [4.69, 9.17) is 9.97 Å². The van der Waals surface area contributed by atoms with Gasteiger partial charge in [-0.1, -0.05) is 170 Å². The molecular formula is C63H52N4. The molecule has 324 valence electrons. The van der Waals surface area contributed by atoms with E-state index in [9.17, 15) is 0 Å². The molecule has 1 saturated heterocycles. The van der Waals surface area contributed by atoms with E-state index >= 15 is 0 Å². The molecular weight excluding hydrogens is 813 g/mol. The van der Waals surface area contributed by atoms with E-state index in [1.54, 1.807) is 0 Å². The van der Waals surface area contributed by atoms with Crippen LogP contribution in [0.5, 0.6) is 0 Å². The van der Waals surface area contributed by atoms with Gasteiger partial charge < -0.3 is 9.47 Å². The van der Waals surface area contributed by atoms with E-state index < -0.39 is 0 Å². The third kappa shape index (κ3) is 5.98. The van der Waals surface area contributed by atoms with Crippen molar-refractivity contribution in [2.24, 2.45) is 11.8 Å². The Balaban J connectivity index is 1.000. The van der Waals surface area contributed by atoms with E-state index in [1.807, 2.05) is 0 Å². The molecule has 0 radical (unpaired) electrons. The Morgan fingerprint density at radius 3 is 2.37 bits per heavy atom. The third-order valence-electron chi connectivity index (χ3n) is 16.0. The van der Waals surface area contributed by atoms with Gasteiger partial charge in [-0.15, -0.1) is 0 Å². The predicted octanol–water partition coefficient (Wildman–Crippen LogP) is 12.9. The number of aromatic nitrogens is 3. The summed E-state index contributed by atoms with van der Waals surface area (Å²) in [6, 6.07) is 34.8. The summed E-state index contributed by atoms with van der Waals surface area (Å²) in [5.74, 6) is 1.75. The van der Waals surface area contributed by atoms with E-state index in [1.165, 1.54) is 88.1 Å². The fourth-order valence-electron chi connectivity index (χ4n) is 13.0. The Morgan fingerprint density at radius 1 is 0.657 bits per heavy atom. The van der Waals surface area contributed by atoms with Crippen LogP contribution < -0.4 is 15.3 Å². The van der Waals surface area contributed by atoms with Gasteiger partial charge in [0, 0.05) is 56.6 Å². The molecule has 5 unspecified atom stereocenters. The maximum Gasteiger partial charge on any atom is 0.159 e. The van der Waals surface area contributed by atoms with Gasteiger partial charge in [0.15, 0.2) is 5.82 Å². The van der Waals surface area contributed by atoms with Crippen LogP contribution in [0.1, 0.15) is 88.6 Å². The molecule has 6 aliphatic carbocycles. The van der Waals surface area contributed by atoms with Gasteiger partial charge in [0.1, 0.15) is 0 Å². The fraction of sp³-hybridized carbons (Fsp3) is 0.206. The Hall–Kier alpha value is -7.30. The number of fused-ring (bicyclic) bond motifs is 10. The zero-order chi connectivity index (χ0) is 44.2. The summed E-state index contributed by atoms with van der Waals surface area (Å²) in [6.07, 6.45) is 42.7. The Kier molecular flexibility index (Phi) is 8.94. The molecule has 1 fully saturated rings. The highest BCUT2D eigenvalue weighted by molar-refractivity contribution is 6.15. The monoisotopic (exact) mass is 864 g/mol. The van der Waals surface area contributed by atoms with Gasteiger partial charge in [0.2, 0.25) is 0 Å². The fourth-order valence-corrected chi connectivity index (χ4v) is 13.0. The second kappa shape index (κ2) is 15.4. The lowest BCUT2D eigenvalue weighted by atomic mass is 9.82. The number of hydrogen-bond acceptors (Lipinski definition) is 3. The Labute approximate surface area is 392 Å². The first kappa shape index (κ1) is 38.9. The quantitative estimate of drug-likeness (QED) is 0.173. The van der Waals surface area contributed by atoms with E-state index in [-0.39, 0.29) is 18.0 Å². The predicted molar refractivity (Wildman–Crippen MR) is 279 cm³/mol. The van der Waals surface area contributed by atoms with E-state index in [0.717, 1.165) is 67.7 Å². The Morgan fingerprint density at radius 2 is 1.46 bits per heavy atom. The number of allylic oxidation sites excluding steroid dienone is 9. The summed E-state index contributed by atoms with van der Waals surface area (Å²) < 4.78 is 2.69. The van der Waals surface area contributed by atoms with Gasteiger partial charge >= 0.3 is 0 Å². The van der Waals surface area contributed by atoms with Gasteiger partial charge in [0.25, 0.3) is 0 Å². The first-order valence-electron chi connectivity index (χ1n) is 24.7. The van der Waals surface area contributed by atoms with Crippen LogP contribution in [0.4, 0.5) is 5.69 Å². The van der Waals surface area contributed by atoms with Gasteiger partial charge in [0.05, 0.1) is 34.7 Å². The molecule has 0 N–H and O–H groups in total. The average Bonchev–Trinajstić information content (AvgIpc) is 3.89. The van der Waals surface area contributed by atoms with E-state index in [0.29, 0.717) is 11.8 Å². The average molecular weight is 865 g/mol. The molecule has 7 aliphatic rings. The van der Waals surface area contributed by atoms with Crippen LogP contribution in [-0.2, 0) is 12.8 Å². The van der Waals surface area contributed by atoms with Crippen LogP contribution in [-0.4, -0.2) is 26.6 Å². The second-order valence-electron chi connectivity index (χ2n) is 19.6. The third-order valence-corrected chi connectivity index (χ3v) is 16.0. The molecule has 14 rings (SSSR count). The highest BCUT2D eigenvalue weighted by Gasteiger charge is 2.47. The molecule has 2 aromatic heterocycles. The molecule has 5 atom stereocenters. The van der Waals surface area contributed by atoms with Crippen molar-refractivity contribution >= 4 is 63.3 Å². The van der Waals surface area contributed by atoms with Crippen molar-refractivity contribution in [2.45, 2.75) is 69.9 Å². The number of rotatable bonds is 5. The SMILES string of the molecule is Cc1c(-c2ccc(-n3c4c(c5c(N6C7C=CC=CC7C7C=c8ccccc8=CC76)c6ccccc6cc53)C=CCC4)c3c2C=CCC3)nc(C2=CCCC=C2)nc1C1CC=Cc2ccccc21. The molecule has 3 heterocycles. The van der Waals surface area contributed by atoms with Gasteiger partial charge in [-0.05, 0) is 108 Å². The molecule has 4 nitrogen and oxygen atoms in total. The lowest BCUT2D eigenvalue weighted by molar-refractivity contribution is 0.558. The maximum atomic E-state index is 5.55. The van der Waals surface area contributed by atoms with Crippen molar-refractivity contribution < 1.29 is 0 Å². The summed E-state index contributed by atoms with van der Waals surface area (Å²) >= 11 is 0. The van der Waals surface area contributed by atoms with Gasteiger partial charge in [-0.3, -0.25) is 0 Å². The first-order valence-corrected chi connectivity index (χ1v) is 24.7. The number of hydrogen-bond donors (Lipinski definition) is 0. The summed E-state index contributed by atoms with van der Waals surface area (Å²) in [6.45, 7) is 2.27. The first-order chi connectivity index (χ1) is 33.2. The van der Waals surface area contributed by atoms with Crippen molar-refractivity contribution in [1.82, 2.24) is 14.5 Å². The smallest absolute Gasteiger partial charge is 0.159 e. The minimum absolute atomic E-state index is 0.162. The van der Waals surface area contributed by atoms with Crippen LogP contribution in [0.2, 0.25) is 0 Å². The summed E-state index contributed by atoms with van der Waals surface area (Å²) in [5.41, 5.74) is 17.8. The normalized spacial score (nSPS) is 22.7. The van der Waals surface area contributed by atoms with Crippen molar-refractivity contribution in [1.29, 1.82) is 0 Å². The van der Waals surface area contributed by atoms with Crippen LogP contribution in [0.3, 0.4) is 0 Å². The highest BCUT2D eigenvalue weighted by Crippen LogP contribution is 2.52. The van der Waals surface area contributed by atoms with Gasteiger partial charge in [-0.2, -0.15) is 0 Å². The van der Waals surface area contributed by atoms with Crippen molar-refractivity contribution in [2.75, 3.05) is 4.90 Å². The molecule has 67 heavy (non-hydrogen) atoms. The topological polar surface area (TPSA) is 34.0 Å². The second-order valence-corrected chi connectivity index (χ2v) is 19.6.